The SMILES string of the molecule is Cc1cc(OC(C)C)ccc1N1C(=O)NC2c3c1ccnc3S[C@H]2C(=O)NC1CCCN(C)C1. The molecule has 1 aromatic carbocycles. The Morgan fingerprint density at radius 2 is 2.12 bits per heavy atom. The first-order valence-electron chi connectivity index (χ1n) is 11.8. The van der Waals surface area contributed by atoms with Crippen LogP contribution in [0.1, 0.15) is 43.9 Å². The van der Waals surface area contributed by atoms with Gasteiger partial charge in [0.1, 0.15) is 16.0 Å². The summed E-state index contributed by atoms with van der Waals surface area (Å²) < 4.78 is 5.81. The van der Waals surface area contributed by atoms with Crippen molar-refractivity contribution < 1.29 is 14.3 Å². The van der Waals surface area contributed by atoms with E-state index in [0.717, 1.165) is 59.2 Å². The van der Waals surface area contributed by atoms with Crippen molar-refractivity contribution >= 4 is 35.1 Å². The highest BCUT2D eigenvalue weighted by molar-refractivity contribution is 8.01. The maximum absolute atomic E-state index is 13.4. The minimum Gasteiger partial charge on any atom is -0.491 e. The molecule has 1 fully saturated rings. The van der Waals surface area contributed by atoms with Crippen molar-refractivity contribution in [2.75, 3.05) is 25.0 Å². The summed E-state index contributed by atoms with van der Waals surface area (Å²) in [6.07, 6.45) is 3.83. The number of anilines is 2. The molecule has 5 rings (SSSR count). The summed E-state index contributed by atoms with van der Waals surface area (Å²) >= 11 is 1.44. The van der Waals surface area contributed by atoms with Crippen LogP contribution in [0.4, 0.5) is 16.2 Å². The number of ether oxygens (including phenoxy) is 1. The predicted octanol–water partition coefficient (Wildman–Crippen LogP) is 3.76. The van der Waals surface area contributed by atoms with E-state index in [0.29, 0.717) is 0 Å². The number of hydrogen-bond donors (Lipinski definition) is 2. The number of amides is 3. The van der Waals surface area contributed by atoms with Crippen LogP contribution in [-0.4, -0.2) is 59.4 Å². The third-order valence-corrected chi connectivity index (χ3v) is 7.80. The van der Waals surface area contributed by atoms with Gasteiger partial charge in [-0.15, -0.1) is 0 Å². The number of rotatable bonds is 5. The molecular formula is C25H31N5O3S. The topological polar surface area (TPSA) is 86.8 Å². The molecule has 8 nitrogen and oxygen atoms in total. The lowest BCUT2D eigenvalue weighted by Crippen LogP contribution is -2.52. The number of carbonyl (C=O) groups is 2. The number of likely N-dealkylation sites (tertiary alicyclic amines) is 1. The highest BCUT2D eigenvalue weighted by Crippen LogP contribution is 2.51. The van der Waals surface area contributed by atoms with Gasteiger partial charge in [-0.25, -0.2) is 9.78 Å². The molecule has 0 radical (unpaired) electrons. The van der Waals surface area contributed by atoms with Crippen LogP contribution >= 0.6 is 11.8 Å². The average Bonchev–Trinajstić information content (AvgIpc) is 3.14. The summed E-state index contributed by atoms with van der Waals surface area (Å²) in [7, 11) is 2.08. The number of urea groups is 1. The average molecular weight is 482 g/mol. The van der Waals surface area contributed by atoms with Gasteiger partial charge in [-0.1, -0.05) is 11.8 Å². The number of aryl methyl sites for hydroxylation is 1. The van der Waals surface area contributed by atoms with Crippen molar-refractivity contribution in [2.45, 2.75) is 62.1 Å². The summed E-state index contributed by atoms with van der Waals surface area (Å²) in [6.45, 7) is 7.84. The van der Waals surface area contributed by atoms with Gasteiger partial charge >= 0.3 is 6.03 Å². The van der Waals surface area contributed by atoms with E-state index >= 15 is 0 Å². The minimum absolute atomic E-state index is 0.0423. The van der Waals surface area contributed by atoms with Crippen LogP contribution in [0.15, 0.2) is 35.5 Å². The molecule has 0 aliphatic carbocycles. The number of nitrogens with zero attached hydrogens (tertiary/aromatic N) is 3. The van der Waals surface area contributed by atoms with Gasteiger partial charge in [0.2, 0.25) is 5.91 Å². The van der Waals surface area contributed by atoms with E-state index in [1.54, 1.807) is 11.1 Å². The molecule has 0 saturated carbocycles. The third-order valence-electron chi connectivity index (χ3n) is 6.52. The Kier molecular flexibility index (Phi) is 6.16. The molecule has 0 spiro atoms. The zero-order valence-corrected chi connectivity index (χ0v) is 20.8. The lowest BCUT2D eigenvalue weighted by atomic mass is 9.98. The molecule has 3 atom stereocenters. The maximum atomic E-state index is 13.4. The van der Waals surface area contributed by atoms with Crippen molar-refractivity contribution in [1.82, 2.24) is 20.5 Å². The molecule has 9 heteroatoms. The quantitative estimate of drug-likeness (QED) is 0.676. The number of nitrogens with one attached hydrogen (secondary N) is 2. The van der Waals surface area contributed by atoms with Crippen molar-refractivity contribution in [3.8, 4) is 5.75 Å². The van der Waals surface area contributed by atoms with Crippen LogP contribution in [0.25, 0.3) is 0 Å². The van der Waals surface area contributed by atoms with Gasteiger partial charge < -0.3 is 20.3 Å². The lowest BCUT2D eigenvalue weighted by molar-refractivity contribution is -0.122. The highest BCUT2D eigenvalue weighted by Gasteiger charge is 2.47. The Morgan fingerprint density at radius 1 is 1.29 bits per heavy atom. The normalized spacial score (nSPS) is 24.1. The Morgan fingerprint density at radius 3 is 2.85 bits per heavy atom. The summed E-state index contributed by atoms with van der Waals surface area (Å²) in [4.78, 5) is 35.1. The van der Waals surface area contributed by atoms with Gasteiger partial charge in [0.05, 0.1) is 23.5 Å². The summed E-state index contributed by atoms with van der Waals surface area (Å²) in [5.41, 5.74) is 3.40. The maximum Gasteiger partial charge on any atom is 0.327 e. The largest absolute Gasteiger partial charge is 0.491 e. The number of pyridine rings is 1. The van der Waals surface area contributed by atoms with Crippen molar-refractivity contribution in [1.29, 1.82) is 0 Å². The second-order valence-electron chi connectivity index (χ2n) is 9.57. The summed E-state index contributed by atoms with van der Waals surface area (Å²) in [6, 6.07) is 7.08. The van der Waals surface area contributed by atoms with Gasteiger partial charge in [0.25, 0.3) is 0 Å². The molecular weight excluding hydrogens is 450 g/mol. The first kappa shape index (κ1) is 23.0. The number of likely N-dealkylation sites (N-methyl/N-ethyl adjacent to an activating group) is 1. The Hall–Kier alpha value is -2.78. The van der Waals surface area contributed by atoms with E-state index in [4.69, 9.17) is 4.74 Å². The second-order valence-corrected chi connectivity index (χ2v) is 10.7. The van der Waals surface area contributed by atoms with Crippen LogP contribution in [-0.2, 0) is 4.79 Å². The Balaban J connectivity index is 1.42. The molecule has 34 heavy (non-hydrogen) atoms. The molecule has 3 aliphatic rings. The Labute approximate surface area is 204 Å². The number of aromatic nitrogens is 1. The van der Waals surface area contributed by atoms with Crippen LogP contribution in [0.5, 0.6) is 5.75 Å². The summed E-state index contributed by atoms with van der Waals surface area (Å²) in [5, 5.41) is 6.67. The fourth-order valence-corrected chi connectivity index (χ4v) is 6.29. The molecule has 0 bridgehead atoms. The van der Waals surface area contributed by atoms with Crippen molar-refractivity contribution in [2.24, 2.45) is 0 Å². The van der Waals surface area contributed by atoms with Gasteiger partial charge in [0, 0.05) is 24.3 Å². The monoisotopic (exact) mass is 481 g/mol. The molecule has 2 unspecified atom stereocenters. The summed E-state index contributed by atoms with van der Waals surface area (Å²) in [5.74, 6) is 0.728. The Bertz CT molecular complexity index is 1120. The van der Waals surface area contributed by atoms with Crippen LogP contribution < -0.4 is 20.3 Å². The van der Waals surface area contributed by atoms with E-state index in [-0.39, 0.29) is 24.1 Å². The standard InChI is InChI=1S/C25H31N5O3S/c1-14(2)33-17-7-8-18(15(3)12-17)30-19-9-10-26-24-20(19)21(28-25(30)32)22(34-24)23(31)27-16-6-5-11-29(4)13-16/h7-10,12,14,16,21-22H,5-6,11,13H2,1-4H3,(H,27,31)(H,28,32)/t16?,21?,22-/m1/s1. The molecule has 1 saturated heterocycles. The van der Waals surface area contributed by atoms with E-state index in [9.17, 15) is 9.59 Å². The molecule has 2 aromatic rings. The fraction of sp³-hybridized carbons (Fsp3) is 0.480. The van der Waals surface area contributed by atoms with Crippen molar-refractivity contribution in [3.63, 3.8) is 0 Å². The van der Waals surface area contributed by atoms with Gasteiger partial charge in [-0.3, -0.25) is 9.69 Å². The van der Waals surface area contributed by atoms with Gasteiger partial charge in [-0.2, -0.15) is 0 Å². The molecule has 3 amide bonds. The number of carbonyl (C=O) groups excluding carboxylic acids is 2. The van der Waals surface area contributed by atoms with Gasteiger partial charge in [0.15, 0.2) is 0 Å². The van der Waals surface area contributed by atoms with E-state index in [1.165, 1.54) is 11.8 Å². The fourth-order valence-electron chi connectivity index (χ4n) is 5.06. The molecule has 180 valence electrons. The van der Waals surface area contributed by atoms with Crippen LogP contribution in [0.2, 0.25) is 0 Å². The van der Waals surface area contributed by atoms with E-state index in [2.05, 4.69) is 27.6 Å². The number of thioether (sulfide) groups is 1. The predicted molar refractivity (Wildman–Crippen MR) is 133 cm³/mol. The molecule has 4 heterocycles. The molecule has 2 N–H and O–H groups in total. The number of benzene rings is 1. The van der Waals surface area contributed by atoms with E-state index < -0.39 is 11.3 Å². The lowest BCUT2D eigenvalue weighted by Gasteiger charge is -2.35. The number of piperidine rings is 1. The first-order valence-corrected chi connectivity index (χ1v) is 12.7. The minimum atomic E-state index is -0.440. The van der Waals surface area contributed by atoms with Crippen LogP contribution in [0, 0.1) is 6.92 Å². The third kappa shape index (κ3) is 4.22. The molecule has 1 aromatic heterocycles. The van der Waals surface area contributed by atoms with E-state index in [1.807, 2.05) is 45.0 Å². The van der Waals surface area contributed by atoms with Crippen molar-refractivity contribution in [3.05, 3.63) is 41.6 Å². The molecule has 3 aliphatic heterocycles. The first-order chi connectivity index (χ1) is 16.3. The zero-order chi connectivity index (χ0) is 24.0. The number of hydrogen-bond acceptors (Lipinski definition) is 6. The zero-order valence-electron chi connectivity index (χ0n) is 20.0. The second kappa shape index (κ2) is 9.11. The highest BCUT2D eigenvalue weighted by atomic mass is 32.2. The smallest absolute Gasteiger partial charge is 0.327 e. The van der Waals surface area contributed by atoms with Gasteiger partial charge in [-0.05, 0) is 77.0 Å². The van der Waals surface area contributed by atoms with Crippen LogP contribution in [0.3, 0.4) is 0 Å².